The first-order chi connectivity index (χ1) is 10.5. The Bertz CT molecular complexity index is 547. The van der Waals surface area contributed by atoms with Gasteiger partial charge in [-0.15, -0.1) is 0 Å². The number of aromatic nitrogens is 1. The first kappa shape index (κ1) is 16.2. The molecule has 0 N–H and O–H groups in total. The molecular weight excluding hydrogens is 286 g/mol. The van der Waals surface area contributed by atoms with Gasteiger partial charge in [0.15, 0.2) is 0 Å². The average Bonchev–Trinajstić information content (AvgIpc) is 2.96. The van der Waals surface area contributed by atoms with E-state index in [-0.39, 0.29) is 24.5 Å². The molecular formula is C15H21N3O4. The molecule has 22 heavy (non-hydrogen) atoms. The molecule has 1 fully saturated rings. The van der Waals surface area contributed by atoms with Crippen molar-refractivity contribution in [3.05, 3.63) is 23.9 Å². The second kappa shape index (κ2) is 7.22. The maximum atomic E-state index is 12.1. The molecule has 1 unspecified atom stereocenters. The van der Waals surface area contributed by atoms with Crippen LogP contribution < -0.4 is 4.74 Å². The second-order valence-corrected chi connectivity index (χ2v) is 5.36. The summed E-state index contributed by atoms with van der Waals surface area (Å²) in [5.41, 5.74) is 0.425. The monoisotopic (exact) mass is 307 g/mol. The second-order valence-electron chi connectivity index (χ2n) is 5.36. The molecule has 1 aromatic rings. The first-order valence-corrected chi connectivity index (χ1v) is 7.13. The van der Waals surface area contributed by atoms with Gasteiger partial charge in [-0.1, -0.05) is 0 Å². The standard InChI is InChI=1S/C15H21N3O4/c1-17(2)15(20)12-5-4-7-16-14(12)22-11-6-8-18(9-11)13(19)10-21-3/h4-5,7,11H,6,8-10H2,1-3H3. The van der Waals surface area contributed by atoms with Crippen molar-refractivity contribution in [3.63, 3.8) is 0 Å². The Morgan fingerprint density at radius 1 is 1.45 bits per heavy atom. The van der Waals surface area contributed by atoms with Gasteiger partial charge in [-0.05, 0) is 12.1 Å². The van der Waals surface area contributed by atoms with Crippen LogP contribution in [-0.4, -0.2) is 73.6 Å². The zero-order valence-electron chi connectivity index (χ0n) is 13.1. The predicted molar refractivity (Wildman–Crippen MR) is 79.7 cm³/mol. The third kappa shape index (κ3) is 3.73. The fourth-order valence-electron chi connectivity index (χ4n) is 2.31. The van der Waals surface area contributed by atoms with Crippen LogP contribution in [0.1, 0.15) is 16.8 Å². The minimum absolute atomic E-state index is 0.0563. The molecule has 0 radical (unpaired) electrons. The topological polar surface area (TPSA) is 72.0 Å². The van der Waals surface area contributed by atoms with E-state index in [0.29, 0.717) is 31.0 Å². The molecule has 0 aliphatic carbocycles. The molecule has 120 valence electrons. The Hall–Kier alpha value is -2.15. The van der Waals surface area contributed by atoms with E-state index in [0.717, 1.165) is 0 Å². The summed E-state index contributed by atoms with van der Waals surface area (Å²) in [7, 11) is 4.86. The van der Waals surface area contributed by atoms with Gasteiger partial charge in [0.2, 0.25) is 11.8 Å². The molecule has 2 heterocycles. The summed E-state index contributed by atoms with van der Waals surface area (Å²) in [6, 6.07) is 3.39. The fourth-order valence-corrected chi connectivity index (χ4v) is 2.31. The number of amides is 2. The lowest BCUT2D eigenvalue weighted by Gasteiger charge is -2.18. The van der Waals surface area contributed by atoms with E-state index in [4.69, 9.17) is 9.47 Å². The van der Waals surface area contributed by atoms with Crippen molar-refractivity contribution in [1.82, 2.24) is 14.8 Å². The van der Waals surface area contributed by atoms with Crippen LogP contribution in [0.4, 0.5) is 0 Å². The molecule has 0 bridgehead atoms. The van der Waals surface area contributed by atoms with Crippen molar-refractivity contribution in [2.75, 3.05) is 40.9 Å². The maximum Gasteiger partial charge on any atom is 0.258 e. The van der Waals surface area contributed by atoms with Crippen LogP contribution in [0, 0.1) is 0 Å². The minimum Gasteiger partial charge on any atom is -0.472 e. The van der Waals surface area contributed by atoms with Gasteiger partial charge in [0.25, 0.3) is 5.91 Å². The van der Waals surface area contributed by atoms with Gasteiger partial charge >= 0.3 is 0 Å². The molecule has 0 saturated carbocycles. The zero-order chi connectivity index (χ0) is 16.1. The number of carbonyl (C=O) groups excluding carboxylic acids is 2. The summed E-state index contributed by atoms with van der Waals surface area (Å²) < 4.78 is 10.7. The molecule has 1 aromatic heterocycles. The summed E-state index contributed by atoms with van der Waals surface area (Å²) >= 11 is 0. The van der Waals surface area contributed by atoms with Crippen LogP contribution >= 0.6 is 0 Å². The highest BCUT2D eigenvalue weighted by Crippen LogP contribution is 2.21. The van der Waals surface area contributed by atoms with E-state index in [1.807, 2.05) is 0 Å². The quantitative estimate of drug-likeness (QED) is 0.788. The average molecular weight is 307 g/mol. The van der Waals surface area contributed by atoms with Crippen molar-refractivity contribution in [2.45, 2.75) is 12.5 Å². The third-order valence-corrected chi connectivity index (χ3v) is 3.45. The zero-order valence-corrected chi connectivity index (χ0v) is 13.1. The summed E-state index contributed by atoms with van der Waals surface area (Å²) in [5, 5.41) is 0. The van der Waals surface area contributed by atoms with Crippen LogP contribution in [0.15, 0.2) is 18.3 Å². The summed E-state index contributed by atoms with van der Waals surface area (Å²) in [4.78, 5) is 31.2. The maximum absolute atomic E-state index is 12.1. The largest absolute Gasteiger partial charge is 0.472 e. The number of rotatable bonds is 5. The van der Waals surface area contributed by atoms with Crippen LogP contribution in [0.25, 0.3) is 0 Å². The van der Waals surface area contributed by atoms with Gasteiger partial charge in [-0.2, -0.15) is 0 Å². The SMILES string of the molecule is COCC(=O)N1CCC(Oc2ncccc2C(=O)N(C)C)C1. The van der Waals surface area contributed by atoms with Gasteiger partial charge in [0, 0.05) is 40.4 Å². The van der Waals surface area contributed by atoms with E-state index >= 15 is 0 Å². The van der Waals surface area contributed by atoms with Crippen LogP contribution in [0.5, 0.6) is 5.88 Å². The fraction of sp³-hybridized carbons (Fsp3) is 0.533. The Morgan fingerprint density at radius 3 is 2.91 bits per heavy atom. The number of ether oxygens (including phenoxy) is 2. The van der Waals surface area contributed by atoms with E-state index in [1.165, 1.54) is 12.0 Å². The third-order valence-electron chi connectivity index (χ3n) is 3.45. The number of carbonyl (C=O) groups is 2. The number of likely N-dealkylation sites (tertiary alicyclic amines) is 1. The van der Waals surface area contributed by atoms with Gasteiger partial charge in [-0.3, -0.25) is 9.59 Å². The Labute approximate surface area is 129 Å². The lowest BCUT2D eigenvalue weighted by molar-refractivity contribution is -0.134. The van der Waals surface area contributed by atoms with Crippen molar-refractivity contribution in [3.8, 4) is 5.88 Å². The van der Waals surface area contributed by atoms with Crippen LogP contribution in [0.2, 0.25) is 0 Å². The van der Waals surface area contributed by atoms with Gasteiger partial charge in [-0.25, -0.2) is 4.98 Å². The highest BCUT2D eigenvalue weighted by molar-refractivity contribution is 5.96. The molecule has 2 amide bonds. The minimum atomic E-state index is -0.163. The van der Waals surface area contributed by atoms with Crippen molar-refractivity contribution in [1.29, 1.82) is 0 Å². The number of hydrogen-bond acceptors (Lipinski definition) is 5. The molecule has 7 heteroatoms. The van der Waals surface area contributed by atoms with Gasteiger partial charge in [0.05, 0.1) is 6.54 Å². The predicted octanol–water partition coefficient (Wildman–Crippen LogP) is 0.409. The van der Waals surface area contributed by atoms with Crippen molar-refractivity contribution < 1.29 is 19.1 Å². The van der Waals surface area contributed by atoms with Crippen LogP contribution in [-0.2, 0) is 9.53 Å². The molecule has 1 atom stereocenters. The number of hydrogen-bond donors (Lipinski definition) is 0. The molecule has 1 aliphatic rings. The molecule has 0 spiro atoms. The Morgan fingerprint density at radius 2 is 2.23 bits per heavy atom. The van der Waals surface area contributed by atoms with E-state index < -0.39 is 0 Å². The molecule has 1 saturated heterocycles. The highest BCUT2D eigenvalue weighted by Gasteiger charge is 2.29. The van der Waals surface area contributed by atoms with Crippen molar-refractivity contribution >= 4 is 11.8 Å². The Kier molecular flexibility index (Phi) is 5.32. The lowest BCUT2D eigenvalue weighted by atomic mass is 10.2. The van der Waals surface area contributed by atoms with E-state index in [2.05, 4.69) is 4.98 Å². The van der Waals surface area contributed by atoms with E-state index in [1.54, 1.807) is 37.3 Å². The number of nitrogens with zero attached hydrogens (tertiary/aromatic N) is 3. The normalized spacial score (nSPS) is 17.4. The highest BCUT2D eigenvalue weighted by atomic mass is 16.5. The van der Waals surface area contributed by atoms with E-state index in [9.17, 15) is 9.59 Å². The lowest BCUT2D eigenvalue weighted by Crippen LogP contribution is -2.33. The molecule has 0 aromatic carbocycles. The summed E-state index contributed by atoms with van der Waals surface area (Å²) in [5.74, 6) is 0.0971. The Balaban J connectivity index is 2.03. The summed E-state index contributed by atoms with van der Waals surface area (Å²) in [6.07, 6.45) is 2.14. The molecule has 1 aliphatic heterocycles. The summed E-state index contributed by atoms with van der Waals surface area (Å²) in [6.45, 7) is 1.17. The van der Waals surface area contributed by atoms with Gasteiger partial charge < -0.3 is 19.3 Å². The number of methoxy groups -OCH3 is 1. The number of pyridine rings is 1. The van der Waals surface area contributed by atoms with Crippen molar-refractivity contribution in [2.24, 2.45) is 0 Å². The smallest absolute Gasteiger partial charge is 0.258 e. The van der Waals surface area contributed by atoms with Crippen LogP contribution in [0.3, 0.4) is 0 Å². The first-order valence-electron chi connectivity index (χ1n) is 7.13. The van der Waals surface area contributed by atoms with Gasteiger partial charge in [0.1, 0.15) is 18.3 Å². The molecule has 7 nitrogen and oxygen atoms in total. The molecule has 2 rings (SSSR count).